The molecule has 0 aliphatic rings. The lowest BCUT2D eigenvalue weighted by Gasteiger charge is -1.93. The van der Waals surface area contributed by atoms with Crippen molar-refractivity contribution in [2.45, 2.75) is 12.8 Å². The van der Waals surface area contributed by atoms with Crippen LogP contribution in [0.4, 0.5) is 0 Å². The predicted molar refractivity (Wildman–Crippen MR) is 60.1 cm³/mol. The monoisotopic (exact) mass is 205 g/mol. The number of allylic oxidation sites excluding steroid dienone is 1. The Hall–Kier alpha value is -1.26. The van der Waals surface area contributed by atoms with Crippen LogP contribution >= 0.6 is 11.6 Å². The minimum absolute atomic E-state index is 0.697. The van der Waals surface area contributed by atoms with Crippen molar-refractivity contribution in [2.24, 2.45) is 0 Å². The second-order valence-electron chi connectivity index (χ2n) is 2.97. The zero-order valence-electron chi connectivity index (χ0n) is 7.91. The summed E-state index contributed by atoms with van der Waals surface area (Å²) in [4.78, 5) is 0. The molecule has 0 unspecified atom stereocenters. The number of rotatable bonds is 4. The SMILES string of the molecule is N#Cc1ccc(/C=C/CCCCl)cc1. The third-order valence-corrected chi connectivity index (χ3v) is 2.12. The van der Waals surface area contributed by atoms with Gasteiger partial charge in [-0.1, -0.05) is 24.3 Å². The van der Waals surface area contributed by atoms with Gasteiger partial charge >= 0.3 is 0 Å². The van der Waals surface area contributed by atoms with E-state index in [-0.39, 0.29) is 0 Å². The zero-order chi connectivity index (χ0) is 10.2. The third kappa shape index (κ3) is 3.64. The van der Waals surface area contributed by atoms with Crippen LogP contribution in [0.1, 0.15) is 24.0 Å². The van der Waals surface area contributed by atoms with Crippen LogP contribution in [-0.4, -0.2) is 5.88 Å². The maximum Gasteiger partial charge on any atom is 0.0991 e. The highest BCUT2D eigenvalue weighted by atomic mass is 35.5. The summed E-state index contributed by atoms with van der Waals surface area (Å²) in [6, 6.07) is 9.61. The number of nitriles is 1. The highest BCUT2D eigenvalue weighted by Gasteiger charge is 1.88. The lowest BCUT2D eigenvalue weighted by Crippen LogP contribution is -1.75. The summed E-state index contributed by atoms with van der Waals surface area (Å²) < 4.78 is 0. The second-order valence-corrected chi connectivity index (χ2v) is 3.35. The third-order valence-electron chi connectivity index (χ3n) is 1.85. The molecule has 0 aliphatic carbocycles. The maximum atomic E-state index is 8.59. The van der Waals surface area contributed by atoms with Crippen molar-refractivity contribution in [3.8, 4) is 6.07 Å². The Morgan fingerprint density at radius 1 is 1.29 bits per heavy atom. The molecule has 14 heavy (non-hydrogen) atoms. The first-order valence-corrected chi connectivity index (χ1v) is 5.13. The largest absolute Gasteiger partial charge is 0.192 e. The molecule has 0 spiro atoms. The summed E-state index contributed by atoms with van der Waals surface area (Å²) in [6.45, 7) is 0. The van der Waals surface area contributed by atoms with Gasteiger partial charge in [-0.25, -0.2) is 0 Å². The molecule has 0 bridgehead atoms. The van der Waals surface area contributed by atoms with E-state index in [0.29, 0.717) is 11.4 Å². The molecule has 0 aliphatic heterocycles. The van der Waals surface area contributed by atoms with E-state index in [1.807, 2.05) is 30.3 Å². The van der Waals surface area contributed by atoms with Crippen LogP contribution in [0.5, 0.6) is 0 Å². The molecule has 0 atom stereocenters. The first kappa shape index (κ1) is 10.8. The minimum Gasteiger partial charge on any atom is -0.192 e. The Kier molecular flexibility index (Phi) is 4.82. The lowest BCUT2D eigenvalue weighted by molar-refractivity contribution is 0.970. The van der Waals surface area contributed by atoms with Crippen LogP contribution in [0, 0.1) is 11.3 Å². The highest BCUT2D eigenvalue weighted by molar-refractivity contribution is 6.17. The molecule has 1 aromatic rings. The first-order valence-electron chi connectivity index (χ1n) is 4.59. The van der Waals surface area contributed by atoms with Crippen LogP contribution in [0.3, 0.4) is 0 Å². The molecule has 0 aromatic heterocycles. The van der Waals surface area contributed by atoms with E-state index in [1.54, 1.807) is 0 Å². The van der Waals surface area contributed by atoms with E-state index < -0.39 is 0 Å². The summed E-state index contributed by atoms with van der Waals surface area (Å²) in [5, 5.41) is 8.59. The fourth-order valence-corrected chi connectivity index (χ4v) is 1.24. The number of nitrogens with zero attached hydrogens (tertiary/aromatic N) is 1. The van der Waals surface area contributed by atoms with E-state index in [1.165, 1.54) is 0 Å². The van der Waals surface area contributed by atoms with Gasteiger partial charge in [0.25, 0.3) is 0 Å². The van der Waals surface area contributed by atoms with Crippen LogP contribution < -0.4 is 0 Å². The van der Waals surface area contributed by atoms with Gasteiger partial charge < -0.3 is 0 Å². The van der Waals surface area contributed by atoms with Gasteiger partial charge in [0.15, 0.2) is 0 Å². The first-order chi connectivity index (χ1) is 6.86. The van der Waals surface area contributed by atoms with Crippen LogP contribution in [0.2, 0.25) is 0 Å². The average molecular weight is 206 g/mol. The molecule has 1 aromatic carbocycles. The molecule has 2 heteroatoms. The van der Waals surface area contributed by atoms with Crippen molar-refractivity contribution >= 4 is 17.7 Å². The molecule has 1 rings (SSSR count). The Labute approximate surface area is 89.6 Å². The molecule has 0 N–H and O–H groups in total. The molecule has 0 radical (unpaired) electrons. The predicted octanol–water partition coefficient (Wildman–Crippen LogP) is 3.59. The van der Waals surface area contributed by atoms with Gasteiger partial charge in [-0.05, 0) is 30.5 Å². The van der Waals surface area contributed by atoms with Crippen molar-refractivity contribution in [3.63, 3.8) is 0 Å². The van der Waals surface area contributed by atoms with E-state index >= 15 is 0 Å². The molecular formula is C12H12ClN. The van der Waals surface area contributed by atoms with E-state index in [2.05, 4.69) is 12.1 Å². The number of hydrogen-bond donors (Lipinski definition) is 0. The van der Waals surface area contributed by atoms with E-state index in [9.17, 15) is 0 Å². The van der Waals surface area contributed by atoms with Gasteiger partial charge in [-0.15, -0.1) is 11.6 Å². The standard InChI is InChI=1S/C12H12ClN/c13-9-3-1-2-4-11-5-7-12(10-14)8-6-11/h2,4-8H,1,3,9H2/b4-2+. The number of halogens is 1. The van der Waals surface area contributed by atoms with Crippen molar-refractivity contribution in [1.29, 1.82) is 5.26 Å². The average Bonchev–Trinajstić information content (AvgIpc) is 2.25. The van der Waals surface area contributed by atoms with E-state index in [0.717, 1.165) is 18.4 Å². The van der Waals surface area contributed by atoms with Crippen molar-refractivity contribution < 1.29 is 0 Å². The fourth-order valence-electron chi connectivity index (χ4n) is 1.08. The zero-order valence-corrected chi connectivity index (χ0v) is 8.67. The lowest BCUT2D eigenvalue weighted by atomic mass is 10.1. The molecule has 0 saturated carbocycles. The van der Waals surface area contributed by atoms with Gasteiger partial charge in [0.1, 0.15) is 0 Å². The van der Waals surface area contributed by atoms with Crippen LogP contribution in [0.15, 0.2) is 30.3 Å². The summed E-state index contributed by atoms with van der Waals surface area (Å²) in [5.74, 6) is 0.706. The molecule has 72 valence electrons. The number of benzene rings is 1. The Morgan fingerprint density at radius 2 is 2.00 bits per heavy atom. The Morgan fingerprint density at radius 3 is 2.57 bits per heavy atom. The fraction of sp³-hybridized carbons (Fsp3) is 0.250. The van der Waals surface area contributed by atoms with Gasteiger partial charge in [-0.3, -0.25) is 0 Å². The molecule has 0 fully saturated rings. The number of hydrogen-bond acceptors (Lipinski definition) is 1. The quantitative estimate of drug-likeness (QED) is 0.545. The van der Waals surface area contributed by atoms with Crippen molar-refractivity contribution in [3.05, 3.63) is 41.5 Å². The highest BCUT2D eigenvalue weighted by Crippen LogP contribution is 2.06. The van der Waals surface area contributed by atoms with Crippen molar-refractivity contribution in [2.75, 3.05) is 5.88 Å². The summed E-state index contributed by atoms with van der Waals surface area (Å²) >= 11 is 5.55. The van der Waals surface area contributed by atoms with Crippen LogP contribution in [-0.2, 0) is 0 Å². The molecular weight excluding hydrogens is 194 g/mol. The van der Waals surface area contributed by atoms with Gasteiger partial charge in [-0.2, -0.15) is 5.26 Å². The Bertz CT molecular complexity index is 332. The topological polar surface area (TPSA) is 23.8 Å². The van der Waals surface area contributed by atoms with E-state index in [4.69, 9.17) is 16.9 Å². The molecule has 0 heterocycles. The van der Waals surface area contributed by atoms with Crippen LogP contribution in [0.25, 0.3) is 6.08 Å². The molecule has 0 saturated heterocycles. The second kappa shape index (κ2) is 6.23. The minimum atomic E-state index is 0.697. The molecule has 1 nitrogen and oxygen atoms in total. The van der Waals surface area contributed by atoms with Gasteiger partial charge in [0.2, 0.25) is 0 Å². The van der Waals surface area contributed by atoms with Crippen molar-refractivity contribution in [1.82, 2.24) is 0 Å². The summed E-state index contributed by atoms with van der Waals surface area (Å²) in [7, 11) is 0. The summed E-state index contributed by atoms with van der Waals surface area (Å²) in [6.07, 6.45) is 6.16. The van der Waals surface area contributed by atoms with Gasteiger partial charge in [0, 0.05) is 5.88 Å². The smallest absolute Gasteiger partial charge is 0.0991 e. The number of alkyl halides is 1. The van der Waals surface area contributed by atoms with Gasteiger partial charge in [0.05, 0.1) is 11.6 Å². The Balaban J connectivity index is 2.52. The normalized spacial score (nSPS) is 10.3. The molecule has 0 amide bonds. The maximum absolute atomic E-state index is 8.59. The summed E-state index contributed by atoms with van der Waals surface area (Å²) in [5.41, 5.74) is 1.82. The number of unbranched alkanes of at least 4 members (excludes halogenated alkanes) is 1.